The zero-order chi connectivity index (χ0) is 21.1. The molecule has 1 atom stereocenters. The van der Waals surface area contributed by atoms with E-state index in [9.17, 15) is 18.7 Å². The predicted molar refractivity (Wildman–Crippen MR) is 113 cm³/mol. The van der Waals surface area contributed by atoms with Gasteiger partial charge in [-0.1, -0.05) is 42.5 Å². The van der Waals surface area contributed by atoms with Gasteiger partial charge in [0.15, 0.2) is 0 Å². The van der Waals surface area contributed by atoms with Crippen LogP contribution in [-0.2, 0) is 10.2 Å². The maximum atomic E-state index is 14.2. The highest BCUT2D eigenvalue weighted by Crippen LogP contribution is 2.40. The van der Waals surface area contributed by atoms with Gasteiger partial charge in [0, 0.05) is 42.3 Å². The molecule has 0 aliphatic carbocycles. The van der Waals surface area contributed by atoms with Crippen LogP contribution in [0.15, 0.2) is 72.8 Å². The molecule has 154 valence electrons. The topological polar surface area (TPSA) is 40.5 Å². The van der Waals surface area contributed by atoms with Crippen LogP contribution in [-0.4, -0.2) is 24.2 Å². The number of amides is 1. The van der Waals surface area contributed by atoms with Gasteiger partial charge in [-0.15, -0.1) is 0 Å². The van der Waals surface area contributed by atoms with E-state index in [-0.39, 0.29) is 17.9 Å². The van der Waals surface area contributed by atoms with Crippen molar-refractivity contribution in [2.24, 2.45) is 0 Å². The lowest BCUT2D eigenvalue weighted by molar-refractivity contribution is -0.121. The summed E-state index contributed by atoms with van der Waals surface area (Å²) < 4.78 is 27.5. The molecular formula is C25H23F2NO2. The average Bonchev–Trinajstić information content (AvgIpc) is 2.75. The first-order valence-corrected chi connectivity index (χ1v) is 10.0. The SMILES string of the molecule is O=C1C[C@@](CCO)(c2ccccc2)CCN1c1cccc(-c2ccc(F)cc2F)c1. The second-order valence-corrected chi connectivity index (χ2v) is 7.77. The first-order chi connectivity index (χ1) is 14.5. The van der Waals surface area contributed by atoms with Crippen molar-refractivity contribution in [3.8, 4) is 11.1 Å². The molecule has 5 heteroatoms. The van der Waals surface area contributed by atoms with E-state index < -0.39 is 11.6 Å². The monoisotopic (exact) mass is 407 g/mol. The van der Waals surface area contributed by atoms with Crippen LogP contribution in [0.3, 0.4) is 0 Å². The minimum Gasteiger partial charge on any atom is -0.396 e. The Hall–Kier alpha value is -3.05. The number of hydrogen-bond acceptors (Lipinski definition) is 2. The fraction of sp³-hybridized carbons (Fsp3) is 0.240. The highest BCUT2D eigenvalue weighted by atomic mass is 19.1. The average molecular weight is 407 g/mol. The Bertz CT molecular complexity index is 1050. The Morgan fingerprint density at radius 3 is 2.47 bits per heavy atom. The summed E-state index contributed by atoms with van der Waals surface area (Å²) in [7, 11) is 0. The van der Waals surface area contributed by atoms with E-state index >= 15 is 0 Å². The molecule has 0 saturated carbocycles. The van der Waals surface area contributed by atoms with Gasteiger partial charge in [0.05, 0.1) is 0 Å². The Labute approximate surface area is 174 Å². The van der Waals surface area contributed by atoms with E-state index in [2.05, 4.69) is 0 Å². The molecule has 30 heavy (non-hydrogen) atoms. The molecule has 1 heterocycles. The van der Waals surface area contributed by atoms with Gasteiger partial charge < -0.3 is 10.0 Å². The van der Waals surface area contributed by atoms with Crippen molar-refractivity contribution in [3.63, 3.8) is 0 Å². The van der Waals surface area contributed by atoms with Crippen molar-refractivity contribution >= 4 is 11.6 Å². The van der Waals surface area contributed by atoms with Crippen LogP contribution >= 0.6 is 0 Å². The van der Waals surface area contributed by atoms with Crippen molar-refractivity contribution < 1.29 is 18.7 Å². The Balaban J connectivity index is 1.62. The van der Waals surface area contributed by atoms with Gasteiger partial charge in [-0.3, -0.25) is 4.79 Å². The lowest BCUT2D eigenvalue weighted by Crippen LogP contribution is -2.47. The summed E-state index contributed by atoms with van der Waals surface area (Å²) >= 11 is 0. The summed E-state index contributed by atoms with van der Waals surface area (Å²) in [5.74, 6) is -1.29. The van der Waals surface area contributed by atoms with E-state index in [1.54, 1.807) is 23.1 Å². The number of benzene rings is 3. The largest absolute Gasteiger partial charge is 0.396 e. The van der Waals surface area contributed by atoms with Gasteiger partial charge in [-0.25, -0.2) is 8.78 Å². The smallest absolute Gasteiger partial charge is 0.227 e. The Kier molecular flexibility index (Phi) is 5.64. The molecule has 3 aromatic carbocycles. The first-order valence-electron chi connectivity index (χ1n) is 10.0. The van der Waals surface area contributed by atoms with Gasteiger partial charge in [-0.2, -0.15) is 0 Å². The highest BCUT2D eigenvalue weighted by molar-refractivity contribution is 5.96. The molecule has 0 spiro atoms. The second-order valence-electron chi connectivity index (χ2n) is 7.77. The number of rotatable bonds is 5. The molecule has 1 aliphatic rings. The van der Waals surface area contributed by atoms with Crippen molar-refractivity contribution in [2.45, 2.75) is 24.7 Å². The molecule has 4 rings (SSSR count). The van der Waals surface area contributed by atoms with Gasteiger partial charge in [0.2, 0.25) is 5.91 Å². The van der Waals surface area contributed by atoms with Crippen LogP contribution in [0.25, 0.3) is 11.1 Å². The lowest BCUT2D eigenvalue weighted by Gasteiger charge is -2.41. The maximum Gasteiger partial charge on any atom is 0.227 e. The number of aliphatic hydroxyl groups is 1. The number of hydrogen-bond donors (Lipinski definition) is 1. The molecule has 1 saturated heterocycles. The third kappa shape index (κ3) is 3.85. The fourth-order valence-corrected chi connectivity index (χ4v) is 4.37. The van der Waals surface area contributed by atoms with Gasteiger partial charge in [0.25, 0.3) is 0 Å². The van der Waals surface area contributed by atoms with E-state index in [0.29, 0.717) is 36.2 Å². The summed E-state index contributed by atoms with van der Waals surface area (Å²) in [6.45, 7) is 0.518. The normalized spacial score (nSPS) is 19.2. The molecule has 1 aliphatic heterocycles. The van der Waals surface area contributed by atoms with E-state index in [1.165, 1.54) is 12.1 Å². The zero-order valence-corrected chi connectivity index (χ0v) is 16.5. The van der Waals surface area contributed by atoms with E-state index in [0.717, 1.165) is 18.1 Å². The van der Waals surface area contributed by atoms with Crippen LogP contribution in [0, 0.1) is 11.6 Å². The molecule has 1 fully saturated rings. The third-order valence-electron chi connectivity index (χ3n) is 5.98. The molecule has 0 aromatic heterocycles. The Morgan fingerprint density at radius 1 is 0.967 bits per heavy atom. The Morgan fingerprint density at radius 2 is 1.77 bits per heavy atom. The van der Waals surface area contributed by atoms with Gasteiger partial charge in [-0.05, 0) is 48.2 Å². The van der Waals surface area contributed by atoms with Crippen molar-refractivity contribution in [1.82, 2.24) is 0 Å². The van der Waals surface area contributed by atoms with Gasteiger partial charge in [0.1, 0.15) is 11.6 Å². The number of piperidine rings is 1. The number of carbonyl (C=O) groups excluding carboxylic acids is 1. The van der Waals surface area contributed by atoms with Crippen LogP contribution in [0.2, 0.25) is 0 Å². The zero-order valence-electron chi connectivity index (χ0n) is 16.5. The van der Waals surface area contributed by atoms with Crippen molar-refractivity contribution in [2.75, 3.05) is 18.1 Å². The van der Waals surface area contributed by atoms with Gasteiger partial charge >= 0.3 is 0 Å². The molecule has 1 amide bonds. The molecule has 1 N–H and O–H groups in total. The summed E-state index contributed by atoms with van der Waals surface area (Å²) in [6, 6.07) is 20.4. The highest BCUT2D eigenvalue weighted by Gasteiger charge is 2.40. The molecule has 0 unspecified atom stereocenters. The quantitative estimate of drug-likeness (QED) is 0.641. The third-order valence-corrected chi connectivity index (χ3v) is 5.98. The lowest BCUT2D eigenvalue weighted by atomic mass is 9.70. The molecule has 3 nitrogen and oxygen atoms in total. The number of nitrogens with zero attached hydrogens (tertiary/aromatic N) is 1. The number of carbonyl (C=O) groups is 1. The summed E-state index contributed by atoms with van der Waals surface area (Å²) in [6.07, 6.45) is 1.54. The van der Waals surface area contributed by atoms with E-state index in [4.69, 9.17) is 0 Å². The number of anilines is 1. The minimum atomic E-state index is -0.636. The number of halogens is 2. The summed E-state index contributed by atoms with van der Waals surface area (Å²) in [5, 5.41) is 9.64. The summed E-state index contributed by atoms with van der Waals surface area (Å²) in [4.78, 5) is 14.9. The van der Waals surface area contributed by atoms with Crippen LogP contribution in [0.5, 0.6) is 0 Å². The first kappa shape index (κ1) is 20.2. The molecule has 0 bridgehead atoms. The molecular weight excluding hydrogens is 384 g/mol. The summed E-state index contributed by atoms with van der Waals surface area (Å²) in [5.41, 5.74) is 2.25. The second kappa shape index (κ2) is 8.36. The van der Waals surface area contributed by atoms with Crippen molar-refractivity contribution in [1.29, 1.82) is 0 Å². The van der Waals surface area contributed by atoms with Crippen LogP contribution < -0.4 is 4.90 Å². The number of aliphatic hydroxyl groups excluding tert-OH is 1. The molecule has 3 aromatic rings. The van der Waals surface area contributed by atoms with E-state index in [1.807, 2.05) is 36.4 Å². The van der Waals surface area contributed by atoms with Crippen molar-refractivity contribution in [3.05, 3.63) is 90.0 Å². The maximum absolute atomic E-state index is 14.2. The minimum absolute atomic E-state index is 0.0154. The van der Waals surface area contributed by atoms with Crippen LogP contribution in [0.1, 0.15) is 24.8 Å². The standard InChI is InChI=1S/C25H23F2NO2/c26-20-9-10-22(23(27)16-20)18-5-4-8-21(15-18)28-13-11-25(12-14-29,17-24(28)30)19-6-2-1-3-7-19/h1-10,15-16,29H,11-14,17H2/t25-/m1/s1. The molecule has 0 radical (unpaired) electrons. The van der Waals surface area contributed by atoms with Crippen LogP contribution in [0.4, 0.5) is 14.5 Å². The predicted octanol–water partition coefficient (Wildman–Crippen LogP) is 5.08. The fourth-order valence-electron chi connectivity index (χ4n) is 4.37.